The number of fused-ring (bicyclic) bond motifs is 1. The van der Waals surface area contributed by atoms with Gasteiger partial charge >= 0.3 is 0 Å². The maximum absolute atomic E-state index is 12.9. The van der Waals surface area contributed by atoms with Crippen molar-refractivity contribution in [2.45, 2.75) is 19.3 Å². The highest BCUT2D eigenvalue weighted by Crippen LogP contribution is 2.38. The molecule has 5 nitrogen and oxygen atoms in total. The Bertz CT molecular complexity index is 875. The molecule has 0 aliphatic carbocycles. The van der Waals surface area contributed by atoms with Crippen molar-refractivity contribution in [3.05, 3.63) is 51.3 Å². The second kappa shape index (κ2) is 7.25. The summed E-state index contributed by atoms with van der Waals surface area (Å²) in [6.45, 7) is 2.35. The zero-order valence-corrected chi connectivity index (χ0v) is 15.6. The highest BCUT2D eigenvalue weighted by atomic mass is 35.5. The van der Waals surface area contributed by atoms with E-state index in [-0.39, 0.29) is 10.8 Å². The van der Waals surface area contributed by atoms with Crippen molar-refractivity contribution in [1.82, 2.24) is 9.97 Å². The summed E-state index contributed by atoms with van der Waals surface area (Å²) < 4.78 is 5.67. The maximum atomic E-state index is 12.9. The van der Waals surface area contributed by atoms with Crippen molar-refractivity contribution in [3.63, 3.8) is 0 Å². The van der Waals surface area contributed by atoms with E-state index in [2.05, 4.69) is 14.9 Å². The minimum atomic E-state index is -0.111. The van der Waals surface area contributed by atoms with Crippen LogP contribution in [0.3, 0.4) is 0 Å². The van der Waals surface area contributed by atoms with Crippen LogP contribution in [0.5, 0.6) is 5.75 Å². The van der Waals surface area contributed by atoms with Gasteiger partial charge in [0.25, 0.3) is 0 Å². The van der Waals surface area contributed by atoms with Crippen LogP contribution in [-0.4, -0.2) is 35.4 Å². The first kappa shape index (κ1) is 17.3. The Balaban J connectivity index is 1.62. The van der Waals surface area contributed by atoms with Crippen molar-refractivity contribution >= 4 is 41.0 Å². The smallest absolute Gasteiger partial charge is 0.225 e. The first-order valence-corrected chi connectivity index (χ1v) is 9.32. The molecule has 0 atom stereocenters. The van der Waals surface area contributed by atoms with Crippen LogP contribution in [0.2, 0.25) is 10.0 Å². The van der Waals surface area contributed by atoms with Gasteiger partial charge in [0, 0.05) is 43.0 Å². The molecule has 0 radical (unpaired) electrons. The molecule has 26 heavy (non-hydrogen) atoms. The molecule has 0 spiro atoms. The third-order valence-corrected chi connectivity index (χ3v) is 5.38. The normalized spacial score (nSPS) is 18.6. The van der Waals surface area contributed by atoms with Gasteiger partial charge in [0.05, 0.1) is 17.2 Å². The largest absolute Gasteiger partial charge is 0.491 e. The molecule has 0 amide bonds. The third-order valence-electron chi connectivity index (χ3n) is 4.59. The zero-order valence-electron chi connectivity index (χ0n) is 14.0. The summed E-state index contributed by atoms with van der Waals surface area (Å²) in [7, 11) is 0. The van der Waals surface area contributed by atoms with E-state index in [9.17, 15) is 4.79 Å². The summed E-state index contributed by atoms with van der Waals surface area (Å²) in [5.74, 6) is 0.986. The quantitative estimate of drug-likeness (QED) is 0.710. The van der Waals surface area contributed by atoms with Crippen LogP contribution in [0.25, 0.3) is 6.08 Å². The lowest BCUT2D eigenvalue weighted by molar-refractivity contribution is 0.103. The Labute approximate surface area is 161 Å². The molecule has 0 saturated carbocycles. The van der Waals surface area contributed by atoms with E-state index in [1.807, 2.05) is 6.08 Å². The molecule has 2 aromatic rings. The van der Waals surface area contributed by atoms with E-state index in [1.54, 1.807) is 24.5 Å². The lowest BCUT2D eigenvalue weighted by Crippen LogP contribution is -2.20. The minimum Gasteiger partial charge on any atom is -0.491 e. The molecule has 3 heterocycles. The number of ether oxygens (including phenoxy) is 1. The summed E-state index contributed by atoms with van der Waals surface area (Å²) in [5.41, 5.74) is 1.86. The first-order chi connectivity index (χ1) is 12.6. The van der Waals surface area contributed by atoms with Crippen molar-refractivity contribution < 1.29 is 9.53 Å². The number of nitrogens with zero attached hydrogens (tertiary/aromatic N) is 3. The predicted molar refractivity (Wildman–Crippen MR) is 102 cm³/mol. The first-order valence-electron chi connectivity index (χ1n) is 8.56. The van der Waals surface area contributed by atoms with Gasteiger partial charge in [0.2, 0.25) is 5.95 Å². The Morgan fingerprint density at radius 2 is 1.85 bits per heavy atom. The monoisotopic (exact) mass is 389 g/mol. The molecule has 2 aliphatic rings. The number of carbonyl (C=O) groups is 1. The van der Waals surface area contributed by atoms with Crippen molar-refractivity contribution in [3.8, 4) is 5.75 Å². The second-order valence-corrected chi connectivity index (χ2v) is 7.13. The number of hydrogen-bond donors (Lipinski definition) is 0. The zero-order chi connectivity index (χ0) is 18.1. The Morgan fingerprint density at radius 3 is 2.58 bits per heavy atom. The van der Waals surface area contributed by atoms with Crippen LogP contribution in [0.15, 0.2) is 30.1 Å². The van der Waals surface area contributed by atoms with Crippen molar-refractivity contribution in [1.29, 1.82) is 0 Å². The maximum Gasteiger partial charge on any atom is 0.225 e. The lowest BCUT2D eigenvalue weighted by Gasteiger charge is -2.14. The fourth-order valence-electron chi connectivity index (χ4n) is 3.23. The van der Waals surface area contributed by atoms with E-state index >= 15 is 0 Å². The van der Waals surface area contributed by atoms with Gasteiger partial charge in [0.15, 0.2) is 11.5 Å². The van der Waals surface area contributed by atoms with E-state index in [1.165, 1.54) is 12.8 Å². The number of anilines is 1. The highest BCUT2D eigenvalue weighted by Gasteiger charge is 2.24. The van der Waals surface area contributed by atoms with Gasteiger partial charge in [-0.25, -0.2) is 9.97 Å². The topological polar surface area (TPSA) is 55.3 Å². The number of carbonyl (C=O) groups excluding carboxylic acids is 1. The van der Waals surface area contributed by atoms with Gasteiger partial charge in [-0.3, -0.25) is 4.79 Å². The average molecular weight is 390 g/mol. The Hall–Kier alpha value is -2.11. The van der Waals surface area contributed by atoms with Crippen LogP contribution >= 0.6 is 23.2 Å². The van der Waals surface area contributed by atoms with Crippen LogP contribution in [-0.2, 0) is 0 Å². The van der Waals surface area contributed by atoms with Crippen LogP contribution in [0.4, 0.5) is 5.95 Å². The van der Waals surface area contributed by atoms with Crippen molar-refractivity contribution in [2.75, 3.05) is 24.6 Å². The summed E-state index contributed by atoms with van der Waals surface area (Å²) >= 11 is 12.2. The van der Waals surface area contributed by atoms with Gasteiger partial charge in [0.1, 0.15) is 5.02 Å². The van der Waals surface area contributed by atoms with E-state index in [0.717, 1.165) is 24.6 Å². The molecule has 134 valence electrons. The van der Waals surface area contributed by atoms with Crippen LogP contribution < -0.4 is 9.64 Å². The van der Waals surface area contributed by atoms with Gasteiger partial charge in [-0.15, -0.1) is 0 Å². The number of halogens is 2. The van der Waals surface area contributed by atoms with E-state index in [0.29, 0.717) is 34.9 Å². The predicted octanol–water partition coefficient (Wildman–Crippen LogP) is 4.43. The third kappa shape index (κ3) is 3.29. The molecule has 0 unspecified atom stereocenters. The molecule has 2 aliphatic heterocycles. The molecular weight excluding hydrogens is 373 g/mol. The SMILES string of the molecule is O=C1/C(=C\c2cnc(N3CCCC3)nc2)CCOc2c1ccc(Cl)c2Cl. The van der Waals surface area contributed by atoms with E-state index < -0.39 is 0 Å². The van der Waals surface area contributed by atoms with Gasteiger partial charge in [-0.05, 0) is 31.1 Å². The van der Waals surface area contributed by atoms with Gasteiger partial charge < -0.3 is 9.64 Å². The fraction of sp³-hybridized carbons (Fsp3) is 0.316. The fourth-order valence-corrected chi connectivity index (χ4v) is 3.59. The molecule has 7 heteroatoms. The Morgan fingerprint density at radius 1 is 1.12 bits per heavy atom. The number of aromatic nitrogens is 2. The number of rotatable bonds is 2. The molecule has 4 rings (SSSR count). The highest BCUT2D eigenvalue weighted by molar-refractivity contribution is 6.43. The summed E-state index contributed by atoms with van der Waals surface area (Å²) in [6, 6.07) is 3.26. The van der Waals surface area contributed by atoms with Crippen LogP contribution in [0, 0.1) is 0 Å². The average Bonchev–Trinajstić information content (AvgIpc) is 3.14. The van der Waals surface area contributed by atoms with Gasteiger partial charge in [-0.2, -0.15) is 0 Å². The standard InChI is InChI=1S/C19H17Cl2N3O2/c20-15-4-3-14-17(25)13(5-8-26-18(14)16(15)21)9-12-10-22-19(23-11-12)24-6-1-2-7-24/h3-4,9-11H,1-2,5-8H2/b13-9-. The molecular formula is C19H17Cl2N3O2. The van der Waals surface area contributed by atoms with Gasteiger partial charge in [-0.1, -0.05) is 23.2 Å². The summed E-state index contributed by atoms with van der Waals surface area (Å²) in [5, 5.41) is 0.647. The molecule has 0 bridgehead atoms. The van der Waals surface area contributed by atoms with Crippen molar-refractivity contribution in [2.24, 2.45) is 0 Å². The second-order valence-electron chi connectivity index (χ2n) is 6.35. The number of ketones is 1. The molecule has 1 fully saturated rings. The van der Waals surface area contributed by atoms with Crippen LogP contribution in [0.1, 0.15) is 35.2 Å². The molecule has 1 aromatic heterocycles. The molecule has 0 N–H and O–H groups in total. The number of hydrogen-bond acceptors (Lipinski definition) is 5. The Kier molecular flexibility index (Phi) is 4.83. The molecule has 1 aromatic carbocycles. The molecule has 1 saturated heterocycles. The summed E-state index contributed by atoms with van der Waals surface area (Å²) in [6.07, 6.45) is 8.16. The minimum absolute atomic E-state index is 0.111. The number of benzene rings is 1. The van der Waals surface area contributed by atoms with E-state index in [4.69, 9.17) is 27.9 Å². The summed E-state index contributed by atoms with van der Waals surface area (Å²) in [4.78, 5) is 23.9. The number of Topliss-reactive ketones (excluding diaryl/α,β-unsaturated/α-hetero) is 1. The lowest BCUT2D eigenvalue weighted by atomic mass is 10.00.